The van der Waals surface area contributed by atoms with Gasteiger partial charge in [0.1, 0.15) is 0 Å². The van der Waals surface area contributed by atoms with E-state index in [1.54, 1.807) is 12.1 Å². The Morgan fingerprint density at radius 1 is 1.03 bits per heavy atom. The van der Waals surface area contributed by atoms with Gasteiger partial charge in [-0.3, -0.25) is 9.59 Å². The Kier molecular flexibility index (Phi) is 7.83. The van der Waals surface area contributed by atoms with Crippen LogP contribution >= 0.6 is 15.9 Å². The average molecular weight is 501 g/mol. The van der Waals surface area contributed by atoms with Gasteiger partial charge in [-0.05, 0) is 61.7 Å². The van der Waals surface area contributed by atoms with Crippen molar-refractivity contribution >= 4 is 39.4 Å². The van der Waals surface area contributed by atoms with Crippen molar-refractivity contribution in [3.63, 3.8) is 0 Å². The number of alkyl halides is 3. The number of halogens is 4. The molecule has 2 aromatic rings. The van der Waals surface area contributed by atoms with Crippen molar-refractivity contribution in [2.75, 3.05) is 11.9 Å². The van der Waals surface area contributed by atoms with Crippen LogP contribution in [0, 0.1) is 0 Å². The van der Waals surface area contributed by atoms with E-state index in [-0.39, 0.29) is 17.2 Å². The van der Waals surface area contributed by atoms with Crippen LogP contribution in [-0.4, -0.2) is 35.6 Å². The third-order valence-electron chi connectivity index (χ3n) is 4.57. The number of amides is 2. The van der Waals surface area contributed by atoms with E-state index in [9.17, 15) is 22.8 Å². The van der Waals surface area contributed by atoms with E-state index in [1.807, 2.05) is 43.3 Å². The third kappa shape index (κ3) is 6.55. The van der Waals surface area contributed by atoms with Gasteiger partial charge in [0, 0.05) is 22.3 Å². The molecule has 0 bridgehead atoms. The molecule has 0 radical (unpaired) electrons. The van der Waals surface area contributed by atoms with Crippen LogP contribution in [0.3, 0.4) is 0 Å². The molecule has 166 valence electrons. The minimum atomic E-state index is -5.08. The van der Waals surface area contributed by atoms with Gasteiger partial charge < -0.3 is 15.7 Å². The maximum absolute atomic E-state index is 12.2. The fourth-order valence-corrected chi connectivity index (χ4v) is 3.04. The molecule has 0 heterocycles. The summed E-state index contributed by atoms with van der Waals surface area (Å²) in [5, 5.41) is 12.9. The molecule has 31 heavy (non-hydrogen) atoms. The first-order valence-corrected chi connectivity index (χ1v) is 10.0. The highest BCUT2D eigenvalue weighted by Crippen LogP contribution is 2.48. The van der Waals surface area contributed by atoms with Crippen LogP contribution in [0.5, 0.6) is 0 Å². The summed E-state index contributed by atoms with van der Waals surface area (Å²) in [5.41, 5.74) is 1.96. The van der Waals surface area contributed by atoms with E-state index < -0.39 is 12.1 Å². The standard InChI is InChI=1S/C19H19BrN2O2.C2HF3O2/c1-2-21-18(24)19(11-12-19)14-5-9-16(10-6-14)22-17(23)13-3-7-15(20)8-4-13;3-2(4,5)1(6)7/h3-10H,2,11-12H2,1H3,(H,21,24)(H,22,23);(H,6,7). The van der Waals surface area contributed by atoms with Gasteiger partial charge in [0.05, 0.1) is 5.41 Å². The lowest BCUT2D eigenvalue weighted by Gasteiger charge is -2.15. The molecule has 3 rings (SSSR count). The normalized spacial score (nSPS) is 14.0. The summed E-state index contributed by atoms with van der Waals surface area (Å²) in [6.45, 7) is 2.57. The molecule has 0 aromatic heterocycles. The van der Waals surface area contributed by atoms with E-state index in [4.69, 9.17) is 9.90 Å². The van der Waals surface area contributed by atoms with Gasteiger partial charge in [-0.1, -0.05) is 28.1 Å². The van der Waals surface area contributed by atoms with Gasteiger partial charge in [-0.2, -0.15) is 13.2 Å². The van der Waals surface area contributed by atoms with Crippen LogP contribution in [-0.2, 0) is 15.0 Å². The molecule has 0 saturated heterocycles. The van der Waals surface area contributed by atoms with E-state index >= 15 is 0 Å². The van der Waals surface area contributed by atoms with Crippen molar-refractivity contribution in [3.8, 4) is 0 Å². The fourth-order valence-electron chi connectivity index (χ4n) is 2.78. The number of benzene rings is 2. The maximum Gasteiger partial charge on any atom is 0.490 e. The molecule has 0 atom stereocenters. The highest BCUT2D eigenvalue weighted by molar-refractivity contribution is 9.10. The molecule has 1 aliphatic rings. The van der Waals surface area contributed by atoms with Crippen LogP contribution in [0.1, 0.15) is 35.7 Å². The van der Waals surface area contributed by atoms with Crippen molar-refractivity contribution in [3.05, 3.63) is 64.1 Å². The number of carbonyl (C=O) groups excluding carboxylic acids is 2. The summed E-state index contributed by atoms with van der Waals surface area (Å²) in [6, 6.07) is 14.8. The lowest BCUT2D eigenvalue weighted by atomic mass is 9.94. The van der Waals surface area contributed by atoms with Gasteiger partial charge in [-0.15, -0.1) is 0 Å². The minimum Gasteiger partial charge on any atom is -0.475 e. The number of carboxylic acid groups (broad SMARTS) is 1. The second-order valence-electron chi connectivity index (χ2n) is 6.78. The third-order valence-corrected chi connectivity index (χ3v) is 5.09. The Balaban J connectivity index is 0.000000423. The molecular weight excluding hydrogens is 481 g/mol. The predicted molar refractivity (Wildman–Crippen MR) is 112 cm³/mol. The second-order valence-corrected chi connectivity index (χ2v) is 7.70. The smallest absolute Gasteiger partial charge is 0.475 e. The van der Waals surface area contributed by atoms with E-state index in [1.165, 1.54) is 0 Å². The molecule has 0 spiro atoms. The fraction of sp³-hybridized carbons (Fsp3) is 0.286. The molecular formula is C21H20BrF3N2O4. The van der Waals surface area contributed by atoms with Gasteiger partial charge in [0.2, 0.25) is 5.91 Å². The molecule has 0 unspecified atom stereocenters. The maximum atomic E-state index is 12.2. The summed E-state index contributed by atoms with van der Waals surface area (Å²) in [6.07, 6.45) is -3.33. The molecule has 1 fully saturated rings. The highest BCUT2D eigenvalue weighted by Gasteiger charge is 2.50. The van der Waals surface area contributed by atoms with Crippen LogP contribution in [0.2, 0.25) is 0 Å². The molecule has 1 saturated carbocycles. The molecule has 2 aromatic carbocycles. The zero-order valence-electron chi connectivity index (χ0n) is 16.4. The van der Waals surface area contributed by atoms with Crippen LogP contribution in [0.4, 0.5) is 18.9 Å². The lowest BCUT2D eigenvalue weighted by Crippen LogP contribution is -2.34. The van der Waals surface area contributed by atoms with Crippen LogP contribution < -0.4 is 10.6 Å². The number of rotatable bonds is 5. The number of likely N-dealkylation sites (N-methyl/N-ethyl adjacent to an activating group) is 1. The summed E-state index contributed by atoms with van der Waals surface area (Å²) < 4.78 is 32.7. The van der Waals surface area contributed by atoms with Gasteiger partial charge in [0.15, 0.2) is 0 Å². The Morgan fingerprint density at radius 3 is 1.97 bits per heavy atom. The molecule has 3 N–H and O–H groups in total. The molecule has 10 heteroatoms. The number of nitrogens with one attached hydrogen (secondary N) is 2. The van der Waals surface area contributed by atoms with Crippen LogP contribution in [0.15, 0.2) is 53.0 Å². The average Bonchev–Trinajstić information content (AvgIpc) is 3.51. The summed E-state index contributed by atoms with van der Waals surface area (Å²) >= 11 is 3.35. The topological polar surface area (TPSA) is 95.5 Å². The number of hydrogen-bond acceptors (Lipinski definition) is 3. The Labute approximate surface area is 185 Å². The zero-order valence-corrected chi connectivity index (χ0v) is 18.0. The monoisotopic (exact) mass is 500 g/mol. The quantitative estimate of drug-likeness (QED) is 0.563. The van der Waals surface area contributed by atoms with E-state index in [2.05, 4.69) is 26.6 Å². The van der Waals surface area contributed by atoms with Gasteiger partial charge >= 0.3 is 12.1 Å². The summed E-state index contributed by atoms with van der Waals surface area (Å²) in [7, 11) is 0. The van der Waals surface area contributed by atoms with E-state index in [0.717, 1.165) is 28.6 Å². The number of carbonyl (C=O) groups is 3. The summed E-state index contributed by atoms with van der Waals surface area (Å²) in [4.78, 5) is 33.3. The molecule has 6 nitrogen and oxygen atoms in total. The lowest BCUT2D eigenvalue weighted by molar-refractivity contribution is -0.192. The number of aliphatic carboxylic acids is 1. The van der Waals surface area contributed by atoms with Gasteiger partial charge in [0.25, 0.3) is 5.91 Å². The Morgan fingerprint density at radius 2 is 1.55 bits per heavy atom. The Bertz CT molecular complexity index is 941. The number of hydrogen-bond donors (Lipinski definition) is 3. The number of carboxylic acids is 1. The predicted octanol–water partition coefficient (Wildman–Crippen LogP) is 4.50. The SMILES string of the molecule is CCNC(=O)C1(c2ccc(NC(=O)c3ccc(Br)cc3)cc2)CC1.O=C(O)C(F)(F)F. The van der Waals surface area contributed by atoms with Crippen molar-refractivity contribution < 1.29 is 32.7 Å². The molecule has 1 aliphatic carbocycles. The zero-order chi connectivity index (χ0) is 23.2. The summed E-state index contributed by atoms with van der Waals surface area (Å²) in [5.74, 6) is -2.82. The largest absolute Gasteiger partial charge is 0.490 e. The van der Waals surface area contributed by atoms with E-state index in [0.29, 0.717) is 12.1 Å². The minimum absolute atomic E-state index is 0.0941. The Hall–Kier alpha value is -2.88. The van der Waals surface area contributed by atoms with Gasteiger partial charge in [-0.25, -0.2) is 4.79 Å². The number of anilines is 1. The van der Waals surface area contributed by atoms with Crippen molar-refractivity contribution in [2.24, 2.45) is 0 Å². The highest BCUT2D eigenvalue weighted by atomic mass is 79.9. The van der Waals surface area contributed by atoms with Crippen LogP contribution in [0.25, 0.3) is 0 Å². The first kappa shape index (κ1) is 24.4. The van der Waals surface area contributed by atoms with Crippen molar-refractivity contribution in [2.45, 2.75) is 31.4 Å². The molecule has 2 amide bonds. The second kappa shape index (κ2) is 9.95. The first-order chi connectivity index (χ1) is 14.5. The first-order valence-electron chi connectivity index (χ1n) is 9.25. The van der Waals surface area contributed by atoms with Crippen molar-refractivity contribution in [1.29, 1.82) is 0 Å². The molecule has 0 aliphatic heterocycles. The van der Waals surface area contributed by atoms with Crippen molar-refractivity contribution in [1.82, 2.24) is 5.32 Å².